The number of unbranched alkanes of at least 4 members (excludes halogenated alkanes) is 30. The van der Waals surface area contributed by atoms with Gasteiger partial charge in [-0.15, -0.1) is 0 Å². The number of rotatable bonds is 44. The lowest BCUT2D eigenvalue weighted by molar-refractivity contribution is -0.144. The molecule has 2 aromatic rings. The Bertz CT molecular complexity index is 1690. The quantitative estimate of drug-likeness (QED) is 0.0401. The highest BCUT2D eigenvalue weighted by Gasteiger charge is 2.34. The topological polar surface area (TPSA) is 91.3 Å². The fourth-order valence-corrected chi connectivity index (χ4v) is 11.3. The van der Waals surface area contributed by atoms with Crippen LogP contribution in [0.15, 0.2) is 24.3 Å². The zero-order chi connectivity index (χ0) is 59.9. The van der Waals surface area contributed by atoms with E-state index in [1.165, 1.54) is 180 Å². The van der Waals surface area contributed by atoms with Gasteiger partial charge in [-0.1, -0.05) is 314 Å². The van der Waals surface area contributed by atoms with E-state index in [1.54, 1.807) is 0 Å². The second kappa shape index (κ2) is 43.0. The molecule has 0 atom stereocenters. The fraction of sp³-hybridized carbons (Fsp3) is 0.803. The summed E-state index contributed by atoms with van der Waals surface area (Å²) in [6.07, 6.45) is 43.9. The lowest BCUT2D eigenvalue weighted by Gasteiger charge is -2.33. The molecule has 0 aliphatic heterocycles. The number of aryl methyl sites for hydroxylation is 2. The smallest absolute Gasteiger partial charge is 0.460 e. The molecule has 80 heavy (non-hydrogen) atoms. The van der Waals surface area contributed by atoms with E-state index < -0.39 is 8.60 Å². The minimum Gasteiger partial charge on any atom is -0.466 e. The Morgan fingerprint density at radius 3 is 0.775 bits per heavy atom. The maximum Gasteiger partial charge on any atom is 0.460 e. The van der Waals surface area contributed by atoms with Crippen LogP contribution in [0.1, 0.15) is 349 Å². The Hall–Kier alpha value is -2.70. The van der Waals surface area contributed by atoms with Crippen molar-refractivity contribution in [2.24, 2.45) is 0 Å². The number of carbonyl (C=O) groups excluding carboxylic acids is 2. The van der Waals surface area contributed by atoms with Gasteiger partial charge in [0.05, 0.1) is 20.4 Å². The predicted molar refractivity (Wildman–Crippen MR) is 343 cm³/mol. The molecule has 0 saturated carbocycles. The van der Waals surface area contributed by atoms with Crippen LogP contribution >= 0.6 is 8.60 Å². The van der Waals surface area contributed by atoms with Crippen molar-refractivity contribution < 1.29 is 37.4 Å². The van der Waals surface area contributed by atoms with E-state index in [4.69, 9.17) is 18.5 Å². The average Bonchev–Trinajstić information content (AvgIpc) is 3.38. The summed E-state index contributed by atoms with van der Waals surface area (Å²) in [5.74, 6) is 0.939. The van der Waals surface area contributed by atoms with Crippen molar-refractivity contribution in [1.82, 2.24) is 0 Å². The molecule has 2 rings (SSSR count). The molecular weight excluding hydrogens is 1010 g/mol. The number of hydrogen-bond donors (Lipinski definition) is 1. The molecule has 0 unspecified atom stereocenters. The molecule has 0 aromatic heterocycles. The van der Waals surface area contributed by atoms with Crippen LogP contribution in [0.3, 0.4) is 0 Å². The molecule has 0 heterocycles. The maximum atomic E-state index is 13.0. The van der Waals surface area contributed by atoms with Gasteiger partial charge < -0.3 is 23.4 Å². The molecule has 0 fully saturated rings. The molecule has 1 N–H and O–H groups in total. The van der Waals surface area contributed by atoms with Gasteiger partial charge in [0, 0.05) is 35.1 Å². The molecule has 7 nitrogen and oxygen atoms in total. The first-order valence-corrected chi connectivity index (χ1v) is 34.0. The van der Waals surface area contributed by atoms with Gasteiger partial charge in [-0.25, -0.2) is 0 Å². The summed E-state index contributed by atoms with van der Waals surface area (Å²) >= 11 is 0. The van der Waals surface area contributed by atoms with Crippen LogP contribution in [0, 0.1) is 0 Å². The highest BCUT2D eigenvalue weighted by atomic mass is 31.2. The third-order valence-corrected chi connectivity index (χ3v) is 16.3. The maximum absolute atomic E-state index is 13.0. The van der Waals surface area contributed by atoms with E-state index in [1.807, 2.05) is 0 Å². The highest BCUT2D eigenvalue weighted by Crippen LogP contribution is 2.50. The number of carbonyl (C=O) groups is 2. The van der Waals surface area contributed by atoms with Crippen molar-refractivity contribution in [2.75, 3.05) is 20.4 Å². The number of alkyl halides is 1. The standard InChI is InChI=1S/C70H123O7P.CH3F/c1-15-17-19-21-23-25-27-29-31-33-35-37-39-41-43-45-51-74-63(71)49-47-57-53-59(67(3,4)5)65(60(54-57)68(6,7)8)76-78(73)77-66-61(69(9,10)11)55-58(56-62(66)70(12,13)14)48-50-64(72)75-52-46-44-42-40-38-36-34-32-30-28-26-24-22-20-18-16-2;1-2/h53-56,73H,15-52H2,1-14H3;1H3. The molecule has 0 aliphatic carbocycles. The predicted octanol–water partition coefficient (Wildman–Crippen LogP) is 22.6. The Balaban J connectivity index is 0.0000158. The largest absolute Gasteiger partial charge is 0.466 e. The van der Waals surface area contributed by atoms with Gasteiger partial charge >= 0.3 is 20.5 Å². The van der Waals surface area contributed by atoms with Crippen molar-refractivity contribution in [2.45, 2.75) is 350 Å². The van der Waals surface area contributed by atoms with Crippen LogP contribution in [0.25, 0.3) is 0 Å². The van der Waals surface area contributed by atoms with Gasteiger partial charge in [-0.2, -0.15) is 0 Å². The Morgan fingerprint density at radius 1 is 0.375 bits per heavy atom. The summed E-state index contributed by atoms with van der Waals surface area (Å²) in [4.78, 5) is 38.1. The lowest BCUT2D eigenvalue weighted by atomic mass is 9.78. The molecule has 0 amide bonds. The third-order valence-electron chi connectivity index (χ3n) is 15.6. The number of ether oxygens (including phenoxy) is 2. The Kier molecular flexibility index (Phi) is 40.5. The molecule has 2 aromatic carbocycles. The van der Waals surface area contributed by atoms with Crippen LogP contribution in [-0.2, 0) is 53.6 Å². The van der Waals surface area contributed by atoms with Crippen LogP contribution in [-0.4, -0.2) is 37.2 Å². The van der Waals surface area contributed by atoms with E-state index in [-0.39, 0.29) is 33.6 Å². The zero-order valence-electron chi connectivity index (χ0n) is 54.9. The number of hydrogen-bond acceptors (Lipinski definition) is 7. The summed E-state index contributed by atoms with van der Waals surface area (Å²) in [6.45, 7) is 31.4. The van der Waals surface area contributed by atoms with Crippen LogP contribution in [0.2, 0.25) is 0 Å². The molecular formula is C71H126FO7P. The Morgan fingerprint density at radius 2 is 0.575 bits per heavy atom. The normalized spacial score (nSPS) is 12.2. The van der Waals surface area contributed by atoms with Crippen LogP contribution in [0.4, 0.5) is 4.39 Å². The van der Waals surface area contributed by atoms with Gasteiger partial charge in [0.2, 0.25) is 0 Å². The molecule has 0 bridgehead atoms. The second-order valence-electron chi connectivity index (χ2n) is 27.5. The minimum absolute atomic E-state index is 0.158. The van der Waals surface area contributed by atoms with E-state index >= 15 is 0 Å². The SMILES string of the molecule is CCCCCCCCCCCCCCCCCCOC(=O)CCc1cc(C(C)(C)C)c(OP(O)Oc2c(C(C)(C)C)cc(CCC(=O)OCCCCCCCCCCCCCCCCCC)cc2C(C)(C)C)c(C(C)(C)C)c1.CF. The first-order valence-electron chi connectivity index (χ1n) is 32.9. The van der Waals surface area contributed by atoms with Crippen molar-refractivity contribution in [1.29, 1.82) is 0 Å². The lowest BCUT2D eigenvalue weighted by Crippen LogP contribution is -2.21. The van der Waals surface area contributed by atoms with Crippen molar-refractivity contribution in [3.8, 4) is 11.5 Å². The number of benzene rings is 2. The first-order chi connectivity index (χ1) is 38.0. The van der Waals surface area contributed by atoms with Crippen LogP contribution < -0.4 is 9.05 Å². The molecule has 0 saturated heterocycles. The number of halogens is 1. The summed E-state index contributed by atoms with van der Waals surface area (Å²) in [7, 11) is -1.93. The average molecular weight is 1140 g/mol. The molecule has 0 spiro atoms. The van der Waals surface area contributed by atoms with Crippen molar-refractivity contribution in [3.63, 3.8) is 0 Å². The number of esters is 2. The van der Waals surface area contributed by atoms with E-state index in [2.05, 4.69) is 121 Å². The monoisotopic (exact) mass is 1140 g/mol. The van der Waals surface area contributed by atoms with E-state index in [9.17, 15) is 18.9 Å². The minimum atomic E-state index is -2.43. The molecule has 0 aliphatic rings. The molecule has 0 radical (unpaired) electrons. The molecule has 9 heteroatoms. The van der Waals surface area contributed by atoms with Gasteiger partial charge in [-0.3, -0.25) is 14.0 Å². The van der Waals surface area contributed by atoms with E-state index in [0.717, 1.165) is 59.1 Å². The van der Waals surface area contributed by atoms with Gasteiger partial charge in [0.1, 0.15) is 11.5 Å². The summed E-state index contributed by atoms with van der Waals surface area (Å²) < 4.78 is 34.3. The second-order valence-corrected chi connectivity index (χ2v) is 28.3. The summed E-state index contributed by atoms with van der Waals surface area (Å²) in [5, 5.41) is 0. The zero-order valence-corrected chi connectivity index (χ0v) is 55.8. The van der Waals surface area contributed by atoms with Gasteiger partial charge in [0.25, 0.3) is 0 Å². The van der Waals surface area contributed by atoms with E-state index in [0.29, 0.717) is 57.6 Å². The first kappa shape index (κ1) is 75.3. The molecule has 464 valence electrons. The van der Waals surface area contributed by atoms with Crippen LogP contribution in [0.5, 0.6) is 11.5 Å². The van der Waals surface area contributed by atoms with Gasteiger partial charge in [0.15, 0.2) is 0 Å². The third kappa shape index (κ3) is 34.8. The highest BCUT2D eigenvalue weighted by molar-refractivity contribution is 7.41. The van der Waals surface area contributed by atoms with Gasteiger partial charge in [-0.05, 0) is 58.5 Å². The van der Waals surface area contributed by atoms with Crippen molar-refractivity contribution >= 4 is 20.5 Å². The fourth-order valence-electron chi connectivity index (χ4n) is 10.6. The van der Waals surface area contributed by atoms with Crippen molar-refractivity contribution in [3.05, 3.63) is 57.6 Å². The Labute approximate surface area is 495 Å². The summed E-state index contributed by atoms with van der Waals surface area (Å²) in [6, 6.07) is 8.55. The summed E-state index contributed by atoms with van der Waals surface area (Å²) in [5.41, 5.74) is 4.58.